The molecule has 3 rings (SSSR count). The number of nitrogens with zero attached hydrogens (tertiary/aromatic N) is 1. The van der Waals surface area contributed by atoms with Crippen molar-refractivity contribution < 1.29 is 4.74 Å². The molecule has 1 aromatic rings. The van der Waals surface area contributed by atoms with E-state index >= 15 is 0 Å². The molecule has 92 valence electrons. The first-order valence-electron chi connectivity index (χ1n) is 6.16. The van der Waals surface area contributed by atoms with Crippen LogP contribution in [0, 0.1) is 0 Å². The van der Waals surface area contributed by atoms with Crippen molar-refractivity contribution in [3.63, 3.8) is 0 Å². The van der Waals surface area contributed by atoms with E-state index in [1.54, 1.807) is 0 Å². The van der Waals surface area contributed by atoms with Crippen LogP contribution in [0.3, 0.4) is 0 Å². The van der Waals surface area contributed by atoms with E-state index in [0.29, 0.717) is 12.4 Å². The van der Waals surface area contributed by atoms with Gasteiger partial charge in [0.15, 0.2) is 0 Å². The SMILES string of the molecule is CC1(c2nc3c(c(=O)[nH]2)CNCC3)CCCO1. The number of fused-ring (bicyclic) bond motifs is 1. The van der Waals surface area contributed by atoms with Crippen LogP contribution < -0.4 is 10.9 Å². The minimum atomic E-state index is -0.404. The van der Waals surface area contributed by atoms with Crippen LogP contribution in [0.4, 0.5) is 0 Å². The van der Waals surface area contributed by atoms with E-state index in [1.165, 1.54) is 0 Å². The van der Waals surface area contributed by atoms with Crippen LogP contribution in [0.2, 0.25) is 0 Å². The minimum Gasteiger partial charge on any atom is -0.367 e. The first-order chi connectivity index (χ1) is 8.19. The van der Waals surface area contributed by atoms with E-state index in [-0.39, 0.29) is 5.56 Å². The minimum absolute atomic E-state index is 0.0195. The highest BCUT2D eigenvalue weighted by atomic mass is 16.5. The second-order valence-electron chi connectivity index (χ2n) is 4.95. The van der Waals surface area contributed by atoms with Crippen molar-refractivity contribution in [2.75, 3.05) is 13.2 Å². The maximum atomic E-state index is 12.0. The van der Waals surface area contributed by atoms with Gasteiger partial charge >= 0.3 is 0 Å². The Morgan fingerprint density at radius 1 is 1.47 bits per heavy atom. The maximum Gasteiger partial charge on any atom is 0.255 e. The molecule has 0 spiro atoms. The molecule has 2 aliphatic heterocycles. The normalized spacial score (nSPS) is 28.1. The van der Waals surface area contributed by atoms with Crippen molar-refractivity contribution in [1.82, 2.24) is 15.3 Å². The third kappa shape index (κ3) is 1.79. The van der Waals surface area contributed by atoms with E-state index in [4.69, 9.17) is 4.74 Å². The molecule has 5 nitrogen and oxygen atoms in total. The van der Waals surface area contributed by atoms with Gasteiger partial charge in [0.2, 0.25) is 0 Å². The van der Waals surface area contributed by atoms with Crippen LogP contribution in [0.1, 0.15) is 36.8 Å². The van der Waals surface area contributed by atoms with Crippen molar-refractivity contribution >= 4 is 0 Å². The molecule has 0 radical (unpaired) electrons. The number of aromatic nitrogens is 2. The number of hydrogen-bond acceptors (Lipinski definition) is 4. The zero-order valence-electron chi connectivity index (χ0n) is 10.0. The van der Waals surface area contributed by atoms with Gasteiger partial charge in [0, 0.05) is 26.1 Å². The summed E-state index contributed by atoms with van der Waals surface area (Å²) in [6.07, 6.45) is 2.77. The number of rotatable bonds is 1. The summed E-state index contributed by atoms with van der Waals surface area (Å²) in [4.78, 5) is 19.5. The van der Waals surface area contributed by atoms with E-state index < -0.39 is 5.60 Å². The predicted molar refractivity (Wildman–Crippen MR) is 62.8 cm³/mol. The monoisotopic (exact) mass is 235 g/mol. The van der Waals surface area contributed by atoms with Gasteiger partial charge in [0.25, 0.3) is 5.56 Å². The van der Waals surface area contributed by atoms with Gasteiger partial charge in [-0.3, -0.25) is 4.79 Å². The second-order valence-corrected chi connectivity index (χ2v) is 4.95. The molecule has 0 saturated carbocycles. The summed E-state index contributed by atoms with van der Waals surface area (Å²) in [5.74, 6) is 0.695. The predicted octanol–water partition coefficient (Wildman–Crippen LogP) is 0.441. The summed E-state index contributed by atoms with van der Waals surface area (Å²) in [5.41, 5.74) is 1.29. The van der Waals surface area contributed by atoms with Crippen LogP contribution >= 0.6 is 0 Å². The number of aromatic amines is 1. The molecule has 1 fully saturated rings. The average molecular weight is 235 g/mol. The Hall–Kier alpha value is -1.20. The van der Waals surface area contributed by atoms with Gasteiger partial charge in [-0.2, -0.15) is 0 Å². The Balaban J connectivity index is 2.07. The second kappa shape index (κ2) is 3.92. The molecule has 0 amide bonds. The lowest BCUT2D eigenvalue weighted by Gasteiger charge is -2.24. The van der Waals surface area contributed by atoms with Crippen LogP contribution in [-0.4, -0.2) is 23.1 Å². The van der Waals surface area contributed by atoms with E-state index in [0.717, 1.165) is 43.7 Å². The topological polar surface area (TPSA) is 67.0 Å². The number of ether oxygens (including phenoxy) is 1. The van der Waals surface area contributed by atoms with Gasteiger partial charge in [0.05, 0.1) is 11.3 Å². The molecular weight excluding hydrogens is 218 g/mol. The van der Waals surface area contributed by atoms with Gasteiger partial charge < -0.3 is 15.0 Å². The Morgan fingerprint density at radius 2 is 2.35 bits per heavy atom. The van der Waals surface area contributed by atoms with Crippen molar-refractivity contribution in [2.45, 2.75) is 38.3 Å². The summed E-state index contributed by atoms with van der Waals surface area (Å²) < 4.78 is 5.72. The quantitative estimate of drug-likeness (QED) is 0.741. The van der Waals surface area contributed by atoms with E-state index in [1.807, 2.05) is 6.92 Å². The smallest absolute Gasteiger partial charge is 0.255 e. The molecule has 0 aromatic carbocycles. The molecule has 2 N–H and O–H groups in total. The molecule has 5 heteroatoms. The molecule has 3 heterocycles. The highest BCUT2D eigenvalue weighted by Crippen LogP contribution is 2.33. The zero-order valence-corrected chi connectivity index (χ0v) is 10.0. The van der Waals surface area contributed by atoms with Crippen molar-refractivity contribution in [3.05, 3.63) is 27.4 Å². The molecule has 1 unspecified atom stereocenters. The summed E-state index contributed by atoms with van der Waals surface area (Å²) in [6, 6.07) is 0. The standard InChI is InChI=1S/C12H17N3O2/c1-12(4-2-6-17-12)11-14-9-3-5-13-7-8(9)10(16)15-11/h13H,2-7H2,1H3,(H,14,15,16). The molecule has 1 aromatic heterocycles. The molecule has 17 heavy (non-hydrogen) atoms. The Bertz CT molecular complexity index is 489. The first-order valence-corrected chi connectivity index (χ1v) is 6.16. The fraction of sp³-hybridized carbons (Fsp3) is 0.667. The molecular formula is C12H17N3O2. The lowest BCUT2D eigenvalue weighted by molar-refractivity contribution is 0.00886. The third-order valence-electron chi connectivity index (χ3n) is 3.66. The fourth-order valence-corrected chi connectivity index (χ4v) is 2.57. The van der Waals surface area contributed by atoms with Crippen molar-refractivity contribution in [3.8, 4) is 0 Å². The van der Waals surface area contributed by atoms with Crippen LogP contribution in [0.15, 0.2) is 4.79 Å². The highest BCUT2D eigenvalue weighted by Gasteiger charge is 2.35. The molecule has 0 bridgehead atoms. The van der Waals surface area contributed by atoms with Gasteiger partial charge in [-0.05, 0) is 19.8 Å². The van der Waals surface area contributed by atoms with Gasteiger partial charge in [-0.1, -0.05) is 0 Å². The molecule has 1 saturated heterocycles. The molecule has 2 aliphatic rings. The zero-order chi connectivity index (χ0) is 11.9. The van der Waals surface area contributed by atoms with E-state index in [9.17, 15) is 4.79 Å². The lowest BCUT2D eigenvalue weighted by Crippen LogP contribution is -2.35. The fourth-order valence-electron chi connectivity index (χ4n) is 2.57. The highest BCUT2D eigenvalue weighted by molar-refractivity contribution is 5.22. The number of nitrogens with one attached hydrogen (secondary N) is 2. The summed E-state index contributed by atoms with van der Waals surface area (Å²) in [6.45, 7) is 4.26. The van der Waals surface area contributed by atoms with E-state index in [2.05, 4.69) is 15.3 Å². The third-order valence-corrected chi connectivity index (χ3v) is 3.66. The summed E-state index contributed by atoms with van der Waals surface area (Å²) in [5, 5.41) is 3.19. The first kappa shape index (κ1) is 10.9. The van der Waals surface area contributed by atoms with Crippen molar-refractivity contribution in [1.29, 1.82) is 0 Å². The average Bonchev–Trinajstić information content (AvgIpc) is 2.78. The Kier molecular flexibility index (Phi) is 2.52. The Labute approximate surface area is 99.6 Å². The largest absolute Gasteiger partial charge is 0.367 e. The Morgan fingerprint density at radius 3 is 3.12 bits per heavy atom. The number of hydrogen-bond donors (Lipinski definition) is 2. The lowest BCUT2D eigenvalue weighted by atomic mass is 10.0. The van der Waals surface area contributed by atoms with Gasteiger partial charge in [-0.25, -0.2) is 4.98 Å². The van der Waals surface area contributed by atoms with Gasteiger partial charge in [-0.15, -0.1) is 0 Å². The van der Waals surface area contributed by atoms with Crippen LogP contribution in [-0.2, 0) is 23.3 Å². The van der Waals surface area contributed by atoms with Crippen LogP contribution in [0.25, 0.3) is 0 Å². The van der Waals surface area contributed by atoms with Crippen molar-refractivity contribution in [2.24, 2.45) is 0 Å². The molecule has 0 aliphatic carbocycles. The maximum absolute atomic E-state index is 12.0. The molecule has 1 atom stereocenters. The summed E-state index contributed by atoms with van der Waals surface area (Å²) >= 11 is 0. The summed E-state index contributed by atoms with van der Waals surface area (Å²) in [7, 11) is 0. The van der Waals surface area contributed by atoms with Crippen LogP contribution in [0.5, 0.6) is 0 Å². The number of H-pyrrole nitrogens is 1. The van der Waals surface area contributed by atoms with Gasteiger partial charge in [0.1, 0.15) is 11.4 Å².